The number of nitriles is 1. The second-order valence-corrected chi connectivity index (χ2v) is 16.5. The number of carbonyl (C=O) groups excluding carboxylic acids is 4. The van der Waals surface area contributed by atoms with E-state index in [1.54, 1.807) is 13.1 Å². The molecule has 1 atom stereocenters. The van der Waals surface area contributed by atoms with Gasteiger partial charge in [0.25, 0.3) is 5.91 Å². The number of hydrogen-bond acceptors (Lipinski definition) is 10. The largest absolute Gasteiger partial charge is 0.371 e. The van der Waals surface area contributed by atoms with E-state index in [9.17, 15) is 24.4 Å². The molecule has 1 aromatic heterocycles. The molecule has 0 spiro atoms. The third kappa shape index (κ3) is 8.27. The zero-order chi connectivity index (χ0) is 41.1. The van der Waals surface area contributed by atoms with Crippen molar-refractivity contribution in [3.63, 3.8) is 0 Å². The van der Waals surface area contributed by atoms with Gasteiger partial charge < -0.3 is 19.2 Å². The van der Waals surface area contributed by atoms with Crippen molar-refractivity contribution in [3.8, 4) is 17.2 Å². The fourth-order valence-electron chi connectivity index (χ4n) is 8.72. The van der Waals surface area contributed by atoms with Crippen LogP contribution in [0.25, 0.3) is 11.1 Å². The molecule has 302 valence electrons. The van der Waals surface area contributed by atoms with Gasteiger partial charge in [-0.05, 0) is 113 Å². The Bertz CT molecular complexity index is 2190. The minimum Gasteiger partial charge on any atom is -0.371 e. The Labute approximate surface area is 340 Å². The van der Waals surface area contributed by atoms with Crippen LogP contribution in [0, 0.1) is 38.0 Å². The zero-order valence-electron chi connectivity index (χ0n) is 34.2. The van der Waals surface area contributed by atoms with Crippen LogP contribution in [0.3, 0.4) is 0 Å². The lowest BCUT2D eigenvalue weighted by atomic mass is 9.91. The highest BCUT2D eigenvalue weighted by atomic mass is 16.5. The summed E-state index contributed by atoms with van der Waals surface area (Å²) in [7, 11) is 1.66. The summed E-state index contributed by atoms with van der Waals surface area (Å²) >= 11 is 0. The van der Waals surface area contributed by atoms with E-state index in [2.05, 4.69) is 80.6 Å². The average molecular weight is 784 g/mol. The highest BCUT2D eigenvalue weighted by Gasteiger charge is 2.45. The van der Waals surface area contributed by atoms with Crippen molar-refractivity contribution in [3.05, 3.63) is 94.4 Å². The van der Waals surface area contributed by atoms with Gasteiger partial charge in [-0.2, -0.15) is 5.26 Å². The molecular weight excluding hydrogens is 731 g/mol. The second kappa shape index (κ2) is 17.0. The SMILES string of the molecule is Cc1ccc(-c2c(C)noc2C)cc1N(CC1CN(C2CCN(c3ccc(C(=O)N(C)C(C)CCC(=O)NC=O)c(C=O)c3)CC2)C1)c1ccc(C2(C#N)CC2)cc1. The Morgan fingerprint density at radius 1 is 1.03 bits per heavy atom. The number of piperidine rings is 1. The molecule has 58 heavy (non-hydrogen) atoms. The summed E-state index contributed by atoms with van der Waals surface area (Å²) in [6.45, 7) is 12.5. The number of hydrogen-bond donors (Lipinski definition) is 1. The van der Waals surface area contributed by atoms with Gasteiger partial charge in [-0.3, -0.25) is 29.4 Å². The summed E-state index contributed by atoms with van der Waals surface area (Å²) in [5.74, 6) is 0.600. The van der Waals surface area contributed by atoms with Crippen LogP contribution in [0.4, 0.5) is 17.1 Å². The van der Waals surface area contributed by atoms with Crippen molar-refractivity contribution in [2.75, 3.05) is 49.6 Å². The van der Waals surface area contributed by atoms with Gasteiger partial charge in [0.15, 0.2) is 6.29 Å². The molecular formula is C46H53N7O5. The van der Waals surface area contributed by atoms with Gasteiger partial charge in [-0.15, -0.1) is 0 Å². The number of carbonyl (C=O) groups is 4. The summed E-state index contributed by atoms with van der Waals surface area (Å²) in [6.07, 6.45) is 5.44. The van der Waals surface area contributed by atoms with Crippen LogP contribution in [-0.4, -0.2) is 91.3 Å². The predicted octanol–water partition coefficient (Wildman–Crippen LogP) is 6.89. The first-order chi connectivity index (χ1) is 27.9. The Hall–Kier alpha value is -5.80. The van der Waals surface area contributed by atoms with Gasteiger partial charge in [0.1, 0.15) is 5.76 Å². The van der Waals surface area contributed by atoms with Crippen molar-refractivity contribution in [2.45, 2.75) is 83.7 Å². The van der Waals surface area contributed by atoms with Gasteiger partial charge in [-0.25, -0.2) is 0 Å². The molecule has 4 aromatic rings. The summed E-state index contributed by atoms with van der Waals surface area (Å²) < 4.78 is 5.53. The number of nitrogens with one attached hydrogen (secondary N) is 1. The fourth-order valence-corrected chi connectivity index (χ4v) is 8.72. The Balaban J connectivity index is 0.989. The molecule has 7 rings (SSSR count). The number of aromatic nitrogens is 1. The van der Waals surface area contributed by atoms with Crippen LogP contribution in [-0.2, 0) is 15.0 Å². The predicted molar refractivity (Wildman–Crippen MR) is 223 cm³/mol. The first kappa shape index (κ1) is 40.4. The fraction of sp³-hybridized carbons (Fsp3) is 0.435. The first-order valence-corrected chi connectivity index (χ1v) is 20.4. The van der Waals surface area contributed by atoms with Crippen molar-refractivity contribution in [1.82, 2.24) is 20.3 Å². The van der Waals surface area contributed by atoms with Gasteiger partial charge >= 0.3 is 0 Å². The number of benzene rings is 3. The molecule has 3 aromatic carbocycles. The lowest BCUT2D eigenvalue weighted by Crippen LogP contribution is -2.57. The highest BCUT2D eigenvalue weighted by molar-refractivity contribution is 6.02. The lowest BCUT2D eigenvalue weighted by Gasteiger charge is -2.49. The Morgan fingerprint density at radius 3 is 2.38 bits per heavy atom. The number of imide groups is 1. The second-order valence-electron chi connectivity index (χ2n) is 16.5. The van der Waals surface area contributed by atoms with Gasteiger partial charge in [-0.1, -0.05) is 29.4 Å². The Morgan fingerprint density at radius 2 is 1.76 bits per heavy atom. The van der Waals surface area contributed by atoms with Crippen LogP contribution in [0.5, 0.6) is 0 Å². The molecule has 1 unspecified atom stereocenters. The number of amides is 3. The van der Waals surface area contributed by atoms with E-state index in [0.29, 0.717) is 35.9 Å². The van der Waals surface area contributed by atoms with Crippen LogP contribution in [0.2, 0.25) is 0 Å². The van der Waals surface area contributed by atoms with Gasteiger partial charge in [0.05, 0.1) is 22.7 Å². The van der Waals surface area contributed by atoms with E-state index in [1.165, 1.54) is 10.5 Å². The number of aldehydes is 1. The average Bonchev–Trinajstić information content (AvgIpc) is 3.96. The quantitative estimate of drug-likeness (QED) is 0.127. The molecule has 0 radical (unpaired) electrons. The summed E-state index contributed by atoms with van der Waals surface area (Å²) in [5.41, 5.74) is 8.82. The van der Waals surface area contributed by atoms with Crippen molar-refractivity contribution >= 4 is 41.6 Å². The third-order valence-corrected chi connectivity index (χ3v) is 12.7. The third-order valence-electron chi connectivity index (χ3n) is 12.7. The maximum atomic E-state index is 13.4. The molecule has 2 saturated heterocycles. The monoisotopic (exact) mass is 783 g/mol. The number of anilines is 3. The molecule has 2 aliphatic heterocycles. The molecule has 3 heterocycles. The van der Waals surface area contributed by atoms with Crippen LogP contribution in [0.15, 0.2) is 65.2 Å². The maximum absolute atomic E-state index is 13.4. The minimum absolute atomic E-state index is 0.114. The van der Waals surface area contributed by atoms with Crippen molar-refractivity contribution in [1.29, 1.82) is 5.26 Å². The molecule has 0 bridgehead atoms. The molecule has 3 amide bonds. The summed E-state index contributed by atoms with van der Waals surface area (Å²) in [5, 5.41) is 16.2. The van der Waals surface area contributed by atoms with Gasteiger partial charge in [0, 0.05) is 92.4 Å². The standard InChI is InChI=1S/C46H53N7O5/c1-30-6-8-35(44-32(3)49-58-33(44)4)23-42(30)53(39-11-9-37(10-12-39)46(28-47)18-19-46)26-34-24-52(25-34)38-16-20-51(21-17-38)40-13-14-41(36(22-40)27-54)45(57)50(5)31(2)7-15-43(56)48-29-55/h6,8-14,22-23,27,29,31,34,38H,7,15-21,24-26H2,1-5H3,(H,48,55,56). The molecule has 1 aliphatic carbocycles. The summed E-state index contributed by atoms with van der Waals surface area (Å²) in [4.78, 5) is 56.7. The van der Waals surface area contributed by atoms with Crippen LogP contribution in [0.1, 0.15) is 88.7 Å². The molecule has 1 N–H and O–H groups in total. The van der Waals surface area contributed by atoms with Crippen LogP contribution >= 0.6 is 0 Å². The van der Waals surface area contributed by atoms with E-state index in [1.807, 2.05) is 32.9 Å². The summed E-state index contributed by atoms with van der Waals surface area (Å²) in [6, 6.07) is 23.4. The van der Waals surface area contributed by atoms with Crippen molar-refractivity contribution < 1.29 is 23.7 Å². The van der Waals surface area contributed by atoms with E-state index in [4.69, 9.17) is 4.52 Å². The maximum Gasteiger partial charge on any atom is 0.254 e. The van der Waals surface area contributed by atoms with Gasteiger partial charge in [0.2, 0.25) is 12.3 Å². The lowest BCUT2D eigenvalue weighted by molar-refractivity contribution is -0.125. The number of nitrogens with zero attached hydrogens (tertiary/aromatic N) is 6. The van der Waals surface area contributed by atoms with E-state index >= 15 is 0 Å². The van der Waals surface area contributed by atoms with Crippen LogP contribution < -0.4 is 15.1 Å². The Kier molecular flexibility index (Phi) is 11.8. The number of likely N-dealkylation sites (tertiary alicyclic amines) is 1. The zero-order valence-corrected chi connectivity index (χ0v) is 34.2. The number of rotatable bonds is 15. The molecule has 1 saturated carbocycles. The van der Waals surface area contributed by atoms with E-state index < -0.39 is 5.91 Å². The van der Waals surface area contributed by atoms with E-state index in [0.717, 1.165) is 110 Å². The van der Waals surface area contributed by atoms with E-state index in [-0.39, 0.29) is 23.8 Å². The normalized spacial score (nSPS) is 17.1. The first-order valence-electron chi connectivity index (χ1n) is 20.4. The molecule has 3 fully saturated rings. The molecule has 12 heteroatoms. The minimum atomic E-state index is -0.394. The number of aryl methyl sites for hydroxylation is 3. The molecule has 3 aliphatic rings. The smallest absolute Gasteiger partial charge is 0.254 e. The topological polar surface area (TPSA) is 143 Å². The van der Waals surface area contributed by atoms with Crippen molar-refractivity contribution in [2.24, 2.45) is 5.92 Å². The highest BCUT2D eigenvalue weighted by Crippen LogP contribution is 2.48. The molecule has 12 nitrogen and oxygen atoms in total.